The molecule has 1 aliphatic rings. The van der Waals surface area contributed by atoms with E-state index in [4.69, 9.17) is 10.5 Å². The standard InChI is InChI=1S/C15H24N2OS/c1-3-13(16)15(17-8-10-19-11-9-17)12-6-4-5-7-14(12)18-2/h4-7,13,15H,3,8-11,16H2,1-2H3. The zero-order chi connectivity index (χ0) is 13.7. The van der Waals surface area contributed by atoms with Crippen molar-refractivity contribution in [3.05, 3.63) is 29.8 Å². The monoisotopic (exact) mass is 280 g/mol. The maximum Gasteiger partial charge on any atom is 0.123 e. The summed E-state index contributed by atoms with van der Waals surface area (Å²) < 4.78 is 5.52. The van der Waals surface area contributed by atoms with E-state index in [-0.39, 0.29) is 12.1 Å². The molecule has 0 aliphatic carbocycles. The third-order valence-electron chi connectivity index (χ3n) is 3.77. The van der Waals surface area contributed by atoms with Crippen LogP contribution in [-0.4, -0.2) is 42.6 Å². The first-order valence-corrected chi connectivity index (χ1v) is 8.13. The van der Waals surface area contributed by atoms with Gasteiger partial charge in [0.1, 0.15) is 5.75 Å². The third kappa shape index (κ3) is 3.44. The normalized spacial score (nSPS) is 19.9. The van der Waals surface area contributed by atoms with E-state index in [0.717, 1.165) is 25.3 Å². The van der Waals surface area contributed by atoms with E-state index in [1.165, 1.54) is 17.1 Å². The van der Waals surface area contributed by atoms with Crippen LogP contribution in [0.3, 0.4) is 0 Å². The number of thioether (sulfide) groups is 1. The molecule has 106 valence electrons. The molecule has 3 nitrogen and oxygen atoms in total. The number of hydrogen-bond donors (Lipinski definition) is 1. The van der Waals surface area contributed by atoms with Crippen LogP contribution in [0.2, 0.25) is 0 Å². The van der Waals surface area contributed by atoms with Gasteiger partial charge < -0.3 is 10.5 Å². The molecule has 2 atom stereocenters. The second kappa shape index (κ2) is 7.17. The lowest BCUT2D eigenvalue weighted by Crippen LogP contribution is -2.44. The molecule has 1 aliphatic heterocycles. The summed E-state index contributed by atoms with van der Waals surface area (Å²) in [6.45, 7) is 4.38. The molecule has 1 aromatic carbocycles. The van der Waals surface area contributed by atoms with Crippen molar-refractivity contribution in [1.82, 2.24) is 4.90 Å². The van der Waals surface area contributed by atoms with E-state index < -0.39 is 0 Å². The number of nitrogens with zero attached hydrogens (tertiary/aromatic N) is 1. The molecule has 0 spiro atoms. The van der Waals surface area contributed by atoms with Crippen LogP contribution >= 0.6 is 11.8 Å². The summed E-state index contributed by atoms with van der Waals surface area (Å²) in [6, 6.07) is 8.69. The number of methoxy groups -OCH3 is 1. The number of para-hydroxylation sites is 1. The number of hydrogen-bond acceptors (Lipinski definition) is 4. The van der Waals surface area contributed by atoms with E-state index in [0.29, 0.717) is 0 Å². The van der Waals surface area contributed by atoms with E-state index in [1.807, 2.05) is 23.9 Å². The lowest BCUT2D eigenvalue weighted by Gasteiger charge is -2.38. The lowest BCUT2D eigenvalue weighted by atomic mass is 9.95. The van der Waals surface area contributed by atoms with Crippen LogP contribution in [0, 0.1) is 0 Å². The molecule has 0 aromatic heterocycles. The van der Waals surface area contributed by atoms with Gasteiger partial charge in [0.2, 0.25) is 0 Å². The fraction of sp³-hybridized carbons (Fsp3) is 0.600. The van der Waals surface area contributed by atoms with Gasteiger partial charge in [0, 0.05) is 36.2 Å². The van der Waals surface area contributed by atoms with Crippen molar-refractivity contribution in [2.45, 2.75) is 25.4 Å². The van der Waals surface area contributed by atoms with Gasteiger partial charge in [-0.25, -0.2) is 0 Å². The van der Waals surface area contributed by atoms with Gasteiger partial charge in [-0.05, 0) is 12.5 Å². The van der Waals surface area contributed by atoms with Gasteiger partial charge in [0.15, 0.2) is 0 Å². The third-order valence-corrected chi connectivity index (χ3v) is 4.72. The fourth-order valence-electron chi connectivity index (χ4n) is 2.69. The smallest absolute Gasteiger partial charge is 0.123 e. The molecule has 19 heavy (non-hydrogen) atoms. The Morgan fingerprint density at radius 2 is 2.00 bits per heavy atom. The molecule has 0 bridgehead atoms. The molecule has 1 aromatic rings. The quantitative estimate of drug-likeness (QED) is 0.899. The minimum Gasteiger partial charge on any atom is -0.496 e. The van der Waals surface area contributed by atoms with Gasteiger partial charge in [-0.15, -0.1) is 0 Å². The van der Waals surface area contributed by atoms with E-state index in [2.05, 4.69) is 24.0 Å². The Morgan fingerprint density at radius 3 is 2.63 bits per heavy atom. The summed E-state index contributed by atoms with van der Waals surface area (Å²) in [6.07, 6.45) is 0.979. The molecule has 1 fully saturated rings. The van der Waals surface area contributed by atoms with Crippen molar-refractivity contribution < 1.29 is 4.74 Å². The Kier molecular flexibility index (Phi) is 5.55. The zero-order valence-corrected chi connectivity index (χ0v) is 12.7. The second-order valence-electron chi connectivity index (χ2n) is 4.91. The number of nitrogens with two attached hydrogens (primary N) is 1. The van der Waals surface area contributed by atoms with Gasteiger partial charge in [0.05, 0.1) is 13.2 Å². The highest BCUT2D eigenvalue weighted by molar-refractivity contribution is 7.99. The van der Waals surface area contributed by atoms with E-state index in [9.17, 15) is 0 Å². The van der Waals surface area contributed by atoms with Gasteiger partial charge in [0.25, 0.3) is 0 Å². The predicted octanol–water partition coefficient (Wildman–Crippen LogP) is 2.52. The van der Waals surface area contributed by atoms with Crippen LogP contribution < -0.4 is 10.5 Å². The first-order chi connectivity index (χ1) is 9.27. The first kappa shape index (κ1) is 14.7. The molecule has 2 N–H and O–H groups in total. The van der Waals surface area contributed by atoms with Gasteiger partial charge in [-0.3, -0.25) is 4.90 Å². The topological polar surface area (TPSA) is 38.5 Å². The van der Waals surface area contributed by atoms with Crippen molar-refractivity contribution in [3.63, 3.8) is 0 Å². The van der Waals surface area contributed by atoms with Crippen molar-refractivity contribution >= 4 is 11.8 Å². The highest BCUT2D eigenvalue weighted by Crippen LogP contribution is 2.33. The Balaban J connectivity index is 2.30. The van der Waals surface area contributed by atoms with Gasteiger partial charge in [-0.1, -0.05) is 25.1 Å². The minimum atomic E-state index is 0.152. The zero-order valence-electron chi connectivity index (χ0n) is 11.8. The average Bonchev–Trinajstić information content (AvgIpc) is 2.49. The van der Waals surface area contributed by atoms with Gasteiger partial charge >= 0.3 is 0 Å². The minimum absolute atomic E-state index is 0.152. The molecule has 4 heteroatoms. The maximum atomic E-state index is 6.40. The molecule has 2 rings (SSSR count). The van der Waals surface area contributed by atoms with E-state index >= 15 is 0 Å². The summed E-state index contributed by atoms with van der Waals surface area (Å²) in [5.74, 6) is 3.35. The molecule has 0 saturated carbocycles. The SMILES string of the molecule is CCC(N)C(c1ccccc1OC)N1CCSCC1. The van der Waals surface area contributed by atoms with Crippen molar-refractivity contribution in [3.8, 4) is 5.75 Å². The molecule has 0 radical (unpaired) electrons. The Hall–Kier alpha value is -0.710. The Bertz CT molecular complexity index is 393. The Morgan fingerprint density at radius 1 is 1.32 bits per heavy atom. The molecular weight excluding hydrogens is 256 g/mol. The molecule has 1 heterocycles. The average molecular weight is 280 g/mol. The number of ether oxygens (including phenoxy) is 1. The largest absolute Gasteiger partial charge is 0.496 e. The predicted molar refractivity (Wildman–Crippen MR) is 82.9 cm³/mol. The number of rotatable bonds is 5. The van der Waals surface area contributed by atoms with Crippen LogP contribution in [-0.2, 0) is 0 Å². The maximum absolute atomic E-state index is 6.40. The summed E-state index contributed by atoms with van der Waals surface area (Å²) in [4.78, 5) is 2.52. The number of benzene rings is 1. The molecular formula is C15H24N2OS. The van der Waals surface area contributed by atoms with Crippen molar-refractivity contribution in [2.75, 3.05) is 31.7 Å². The fourth-order valence-corrected chi connectivity index (χ4v) is 3.62. The van der Waals surface area contributed by atoms with E-state index in [1.54, 1.807) is 7.11 Å². The summed E-state index contributed by atoms with van der Waals surface area (Å²) in [5.41, 5.74) is 7.63. The Labute approximate surface area is 120 Å². The molecule has 1 saturated heterocycles. The highest BCUT2D eigenvalue weighted by Gasteiger charge is 2.29. The second-order valence-corrected chi connectivity index (χ2v) is 6.13. The summed E-state index contributed by atoms with van der Waals surface area (Å²) in [5, 5.41) is 0. The molecule has 0 amide bonds. The van der Waals surface area contributed by atoms with Gasteiger partial charge in [-0.2, -0.15) is 11.8 Å². The molecule has 2 unspecified atom stereocenters. The highest BCUT2D eigenvalue weighted by atomic mass is 32.2. The van der Waals surface area contributed by atoms with Crippen molar-refractivity contribution in [1.29, 1.82) is 0 Å². The first-order valence-electron chi connectivity index (χ1n) is 6.98. The van der Waals surface area contributed by atoms with Crippen LogP contribution in [0.4, 0.5) is 0 Å². The summed E-state index contributed by atoms with van der Waals surface area (Å²) >= 11 is 2.03. The van der Waals surface area contributed by atoms with Crippen LogP contribution in [0.5, 0.6) is 5.75 Å². The van der Waals surface area contributed by atoms with Crippen LogP contribution in [0.25, 0.3) is 0 Å². The summed E-state index contributed by atoms with van der Waals surface area (Å²) in [7, 11) is 1.74. The van der Waals surface area contributed by atoms with Crippen LogP contribution in [0.1, 0.15) is 24.9 Å². The van der Waals surface area contributed by atoms with Crippen molar-refractivity contribution in [2.24, 2.45) is 5.73 Å². The van der Waals surface area contributed by atoms with Crippen LogP contribution in [0.15, 0.2) is 24.3 Å². The lowest BCUT2D eigenvalue weighted by molar-refractivity contribution is 0.182.